The van der Waals surface area contributed by atoms with Gasteiger partial charge in [0.15, 0.2) is 0 Å². The Balaban J connectivity index is 1.74. The van der Waals surface area contributed by atoms with Crippen LogP contribution in [0.25, 0.3) is 0 Å². The number of nitrogens with zero attached hydrogens (tertiary/aromatic N) is 2. The first-order valence-corrected chi connectivity index (χ1v) is 9.42. The highest BCUT2D eigenvalue weighted by Gasteiger charge is 2.23. The number of benzene rings is 2. The van der Waals surface area contributed by atoms with Gasteiger partial charge < -0.3 is 4.52 Å². The average Bonchev–Trinajstić information content (AvgIpc) is 3.12. The van der Waals surface area contributed by atoms with Crippen LogP contribution in [-0.4, -0.2) is 29.6 Å². The first-order chi connectivity index (χ1) is 13.3. The summed E-state index contributed by atoms with van der Waals surface area (Å²) in [4.78, 5) is 14.6. The van der Waals surface area contributed by atoms with Crippen molar-refractivity contribution in [2.24, 2.45) is 0 Å². The van der Waals surface area contributed by atoms with Crippen LogP contribution in [0.3, 0.4) is 0 Å². The van der Waals surface area contributed by atoms with E-state index in [1.165, 1.54) is 0 Å². The third kappa shape index (κ3) is 4.87. The van der Waals surface area contributed by atoms with Crippen LogP contribution in [0.15, 0.2) is 71.3 Å². The Morgan fingerprint density at radius 2 is 1.57 bits per heavy atom. The molecule has 0 bridgehead atoms. The summed E-state index contributed by atoms with van der Waals surface area (Å²) in [5.41, 5.74) is 2.95. The fourth-order valence-corrected chi connectivity index (χ4v) is 3.15. The van der Waals surface area contributed by atoms with Crippen LogP contribution in [0, 0.1) is 0 Å². The number of rotatable bonds is 6. The van der Waals surface area contributed by atoms with E-state index >= 15 is 0 Å². The Hall–Kier alpha value is -2.92. The molecule has 5 nitrogen and oxygen atoms in total. The number of nitrogens with one attached hydrogen (secondary N) is 1. The van der Waals surface area contributed by atoms with Gasteiger partial charge >= 0.3 is 0 Å². The van der Waals surface area contributed by atoms with Crippen LogP contribution < -0.4 is 5.32 Å². The van der Waals surface area contributed by atoms with E-state index in [1.54, 1.807) is 6.07 Å². The minimum absolute atomic E-state index is 0.0204. The maximum absolute atomic E-state index is 12.6. The molecule has 3 aromatic rings. The zero-order chi connectivity index (χ0) is 20.1. The Kier molecular flexibility index (Phi) is 5.95. The maximum atomic E-state index is 12.6. The lowest BCUT2D eigenvalue weighted by Gasteiger charge is -2.28. The molecule has 2 aromatic carbocycles. The van der Waals surface area contributed by atoms with Gasteiger partial charge in [-0.15, -0.1) is 0 Å². The molecule has 0 aliphatic heterocycles. The molecule has 0 unspecified atom stereocenters. The second-order valence-corrected chi connectivity index (χ2v) is 8.01. The van der Waals surface area contributed by atoms with E-state index in [9.17, 15) is 4.79 Å². The smallest absolute Gasteiger partial charge is 0.240 e. The van der Waals surface area contributed by atoms with Crippen LogP contribution in [0.2, 0.25) is 0 Å². The van der Waals surface area contributed by atoms with Crippen molar-refractivity contribution in [1.29, 1.82) is 0 Å². The molecule has 0 fully saturated rings. The summed E-state index contributed by atoms with van der Waals surface area (Å²) < 4.78 is 5.27. The predicted octanol–water partition coefficient (Wildman–Crippen LogP) is 4.63. The Morgan fingerprint density at radius 3 is 2.04 bits per heavy atom. The number of hydrogen-bond donors (Lipinski definition) is 1. The Bertz CT molecular complexity index is 859. The number of carbonyl (C=O) groups excluding carboxylic acids is 1. The molecule has 146 valence electrons. The molecule has 0 atom stereocenters. The van der Waals surface area contributed by atoms with Gasteiger partial charge in [0.1, 0.15) is 0 Å². The summed E-state index contributed by atoms with van der Waals surface area (Å²) in [7, 11) is 1.95. The van der Waals surface area contributed by atoms with Gasteiger partial charge in [0.25, 0.3) is 0 Å². The molecule has 0 saturated carbocycles. The second kappa shape index (κ2) is 8.40. The van der Waals surface area contributed by atoms with Gasteiger partial charge in [0, 0.05) is 11.5 Å². The topological polar surface area (TPSA) is 58.4 Å². The minimum atomic E-state index is -0.143. The van der Waals surface area contributed by atoms with E-state index in [-0.39, 0.29) is 23.9 Å². The molecular formula is C23H27N3O2. The zero-order valence-electron chi connectivity index (χ0n) is 16.8. The summed E-state index contributed by atoms with van der Waals surface area (Å²) in [6.07, 6.45) is 0. The lowest BCUT2D eigenvalue weighted by atomic mass is 9.92. The van der Waals surface area contributed by atoms with E-state index in [0.29, 0.717) is 5.88 Å². The van der Waals surface area contributed by atoms with Gasteiger partial charge in [0.2, 0.25) is 11.8 Å². The number of likely N-dealkylation sites (N-methyl/N-ethyl adjacent to an activating group) is 1. The van der Waals surface area contributed by atoms with Crippen molar-refractivity contribution in [3.8, 4) is 0 Å². The summed E-state index contributed by atoms with van der Waals surface area (Å²) in [6.45, 7) is 6.37. The van der Waals surface area contributed by atoms with Crippen molar-refractivity contribution in [1.82, 2.24) is 10.1 Å². The summed E-state index contributed by atoms with van der Waals surface area (Å²) in [5.74, 6) is 0.232. The van der Waals surface area contributed by atoms with E-state index < -0.39 is 0 Å². The van der Waals surface area contributed by atoms with Crippen LogP contribution in [0.1, 0.15) is 43.6 Å². The monoisotopic (exact) mass is 377 g/mol. The first kappa shape index (κ1) is 19.8. The molecule has 0 saturated heterocycles. The predicted molar refractivity (Wildman–Crippen MR) is 111 cm³/mol. The third-order valence-corrected chi connectivity index (χ3v) is 4.61. The van der Waals surface area contributed by atoms with E-state index in [2.05, 4.69) is 55.5 Å². The van der Waals surface area contributed by atoms with Crippen molar-refractivity contribution >= 4 is 11.8 Å². The highest BCUT2D eigenvalue weighted by atomic mass is 16.5. The van der Waals surface area contributed by atoms with Crippen molar-refractivity contribution in [3.05, 3.63) is 83.6 Å². The van der Waals surface area contributed by atoms with Crippen molar-refractivity contribution < 1.29 is 9.32 Å². The second-order valence-electron chi connectivity index (χ2n) is 8.01. The molecule has 0 aliphatic rings. The average molecular weight is 377 g/mol. The fourth-order valence-electron chi connectivity index (χ4n) is 3.15. The molecule has 1 amide bonds. The van der Waals surface area contributed by atoms with E-state index in [4.69, 9.17) is 4.52 Å². The number of hydrogen-bond acceptors (Lipinski definition) is 4. The van der Waals surface area contributed by atoms with Crippen LogP contribution >= 0.6 is 0 Å². The number of carbonyl (C=O) groups is 1. The lowest BCUT2D eigenvalue weighted by molar-refractivity contribution is -0.117. The summed E-state index contributed by atoms with van der Waals surface area (Å²) in [5, 5.41) is 6.86. The molecule has 3 rings (SSSR count). The van der Waals surface area contributed by atoms with E-state index in [0.717, 1.165) is 16.8 Å². The molecule has 1 N–H and O–H groups in total. The van der Waals surface area contributed by atoms with Crippen LogP contribution in [0.5, 0.6) is 0 Å². The summed E-state index contributed by atoms with van der Waals surface area (Å²) in [6, 6.07) is 22.1. The quantitative estimate of drug-likeness (QED) is 0.680. The first-order valence-electron chi connectivity index (χ1n) is 9.42. The minimum Gasteiger partial charge on any atom is -0.338 e. The SMILES string of the molecule is CN(CC(=O)Nc1cc(C(C)(C)C)no1)C(c1ccccc1)c1ccccc1. The van der Waals surface area contributed by atoms with Crippen LogP contribution in [-0.2, 0) is 10.2 Å². The third-order valence-electron chi connectivity index (χ3n) is 4.61. The molecule has 28 heavy (non-hydrogen) atoms. The Morgan fingerprint density at radius 1 is 1.04 bits per heavy atom. The normalized spacial score (nSPS) is 11.8. The van der Waals surface area contributed by atoms with Gasteiger partial charge in [-0.05, 0) is 18.2 Å². The van der Waals surface area contributed by atoms with Crippen LogP contribution in [0.4, 0.5) is 5.88 Å². The molecule has 1 aromatic heterocycles. The molecule has 1 heterocycles. The highest BCUT2D eigenvalue weighted by Crippen LogP contribution is 2.27. The Labute approximate surface area is 166 Å². The molecule has 0 spiro atoms. The molecule has 0 aliphatic carbocycles. The fraction of sp³-hybridized carbons (Fsp3) is 0.304. The van der Waals surface area contributed by atoms with Gasteiger partial charge in [-0.2, -0.15) is 0 Å². The number of aromatic nitrogens is 1. The highest BCUT2D eigenvalue weighted by molar-refractivity contribution is 5.91. The van der Waals surface area contributed by atoms with Gasteiger partial charge in [-0.3, -0.25) is 15.0 Å². The summed E-state index contributed by atoms with van der Waals surface area (Å²) >= 11 is 0. The number of anilines is 1. The zero-order valence-corrected chi connectivity index (χ0v) is 16.8. The van der Waals surface area contributed by atoms with E-state index in [1.807, 2.05) is 48.3 Å². The molecule has 5 heteroatoms. The van der Waals surface area contributed by atoms with Crippen molar-refractivity contribution in [2.75, 3.05) is 18.9 Å². The van der Waals surface area contributed by atoms with Gasteiger partial charge in [-0.25, -0.2) is 0 Å². The van der Waals surface area contributed by atoms with Crippen molar-refractivity contribution in [3.63, 3.8) is 0 Å². The lowest BCUT2D eigenvalue weighted by Crippen LogP contribution is -2.33. The molecular weight excluding hydrogens is 350 g/mol. The number of amides is 1. The molecule has 0 radical (unpaired) electrons. The largest absolute Gasteiger partial charge is 0.338 e. The van der Waals surface area contributed by atoms with Gasteiger partial charge in [-0.1, -0.05) is 86.6 Å². The maximum Gasteiger partial charge on any atom is 0.240 e. The standard InChI is InChI=1S/C23H27N3O2/c1-23(2,3)19-15-21(28-25-19)24-20(27)16-26(4)22(17-11-7-5-8-12-17)18-13-9-6-10-14-18/h5-15,22H,16H2,1-4H3,(H,24,27). The van der Waals surface area contributed by atoms with Gasteiger partial charge in [0.05, 0.1) is 18.3 Å². The van der Waals surface area contributed by atoms with Crippen molar-refractivity contribution in [2.45, 2.75) is 32.2 Å².